The summed E-state index contributed by atoms with van der Waals surface area (Å²) in [5.74, 6) is -1.96. The Morgan fingerprint density at radius 2 is 0.880 bits per heavy atom. The van der Waals surface area contributed by atoms with Crippen molar-refractivity contribution in [2.45, 2.75) is 199 Å². The highest BCUT2D eigenvalue weighted by Crippen LogP contribution is 2.23. The lowest BCUT2D eigenvalue weighted by Gasteiger charge is -2.10. The molecule has 50 heavy (non-hydrogen) atoms. The Bertz CT molecular complexity index is 1170. The summed E-state index contributed by atoms with van der Waals surface area (Å²) in [4.78, 5) is 25.1. The van der Waals surface area contributed by atoms with Crippen molar-refractivity contribution in [1.82, 2.24) is 0 Å². The summed E-state index contributed by atoms with van der Waals surface area (Å²) in [6, 6.07) is 3.62. The van der Waals surface area contributed by atoms with E-state index in [0.29, 0.717) is 6.42 Å². The fraction of sp³-hybridized carbons (Fsp3) is 0.714. The molecule has 0 fully saturated rings. The monoisotopic (exact) mass is 718 g/mol. The number of carbonyl (C=O) groups is 2. The van der Waals surface area contributed by atoms with Crippen molar-refractivity contribution in [1.29, 1.82) is 0 Å². The van der Waals surface area contributed by atoms with E-state index in [1.807, 2.05) is 0 Å². The number of rotatable bonds is 33. The van der Waals surface area contributed by atoms with Gasteiger partial charge in [-0.3, -0.25) is 4.55 Å². The summed E-state index contributed by atoms with van der Waals surface area (Å²) >= 11 is 0. The first-order chi connectivity index (χ1) is 24.3. The molecule has 0 unspecified atom stereocenters. The van der Waals surface area contributed by atoms with Gasteiger partial charge >= 0.3 is 11.9 Å². The normalized spacial score (nSPS) is 11.9. The molecule has 0 heterocycles. The lowest BCUT2D eigenvalue weighted by atomic mass is 10.0. The number of hydrogen-bond donors (Lipinski definition) is 1. The Kier molecular flexibility index (Phi) is 28.5. The van der Waals surface area contributed by atoms with Crippen molar-refractivity contribution in [3.05, 3.63) is 54.0 Å². The Morgan fingerprint density at radius 3 is 1.24 bits per heavy atom. The molecule has 0 radical (unpaired) electrons. The lowest BCUT2D eigenvalue weighted by molar-refractivity contribution is 0.0614. The Hall–Kier alpha value is -2.45. The molecule has 1 N–H and O–H groups in total. The molecule has 0 saturated carbocycles. The zero-order valence-electron chi connectivity index (χ0n) is 31.6. The molecule has 8 heteroatoms. The van der Waals surface area contributed by atoms with Crippen LogP contribution in [0.3, 0.4) is 0 Å². The fourth-order valence-electron chi connectivity index (χ4n) is 6.16. The van der Waals surface area contributed by atoms with E-state index < -0.39 is 32.5 Å². The third kappa shape index (κ3) is 23.9. The van der Waals surface area contributed by atoms with Crippen molar-refractivity contribution >= 4 is 22.1 Å². The molecular weight excluding hydrogens is 649 g/mol. The van der Waals surface area contributed by atoms with Crippen molar-refractivity contribution in [3.8, 4) is 0 Å². The minimum absolute atomic E-state index is 0.291. The largest absolute Gasteiger partial charge is 0.431 e. The van der Waals surface area contributed by atoms with Crippen LogP contribution in [0.2, 0.25) is 0 Å². The third-order valence-electron chi connectivity index (χ3n) is 9.22. The van der Waals surface area contributed by atoms with E-state index in [2.05, 4.69) is 13.8 Å². The van der Waals surface area contributed by atoms with E-state index in [1.54, 1.807) is 12.2 Å². The molecule has 286 valence electrons. The van der Waals surface area contributed by atoms with Crippen molar-refractivity contribution in [2.24, 2.45) is 0 Å². The molecule has 0 aliphatic heterocycles. The quantitative estimate of drug-likeness (QED) is 0.0333. The SMILES string of the molecule is CCCCCCCCCCCCCCC/C=C/OC(=O)c1cccc(S(=O)(=O)O)c1C(=O)O/C=C/CCCCCCCCCCCCCCC. The number of esters is 2. The van der Waals surface area contributed by atoms with Gasteiger partial charge in [0.1, 0.15) is 4.90 Å². The summed E-state index contributed by atoms with van der Waals surface area (Å²) in [7, 11) is -4.80. The van der Waals surface area contributed by atoms with E-state index in [0.717, 1.165) is 38.2 Å². The second kappa shape index (κ2) is 31.3. The average molecular weight is 719 g/mol. The second-order valence-corrected chi connectivity index (χ2v) is 15.2. The molecule has 0 aliphatic carbocycles. The molecular formula is C42H70O7S. The van der Waals surface area contributed by atoms with Crippen LogP contribution in [-0.4, -0.2) is 24.9 Å². The molecule has 0 spiro atoms. The number of hydrogen-bond acceptors (Lipinski definition) is 6. The van der Waals surface area contributed by atoms with Crippen molar-refractivity contribution < 1.29 is 32.0 Å². The maximum Gasteiger partial charge on any atom is 0.345 e. The molecule has 0 saturated heterocycles. The van der Waals surface area contributed by atoms with E-state index in [1.165, 1.54) is 166 Å². The first-order valence-corrected chi connectivity index (χ1v) is 21.6. The number of carbonyl (C=O) groups excluding carboxylic acids is 2. The first kappa shape index (κ1) is 45.6. The number of allylic oxidation sites excluding steroid dienone is 2. The molecule has 0 atom stereocenters. The number of benzene rings is 1. The van der Waals surface area contributed by atoms with Crippen molar-refractivity contribution in [2.75, 3.05) is 0 Å². The van der Waals surface area contributed by atoms with Gasteiger partial charge in [-0.1, -0.05) is 174 Å². The van der Waals surface area contributed by atoms with Crippen molar-refractivity contribution in [3.63, 3.8) is 0 Å². The van der Waals surface area contributed by atoms with Gasteiger partial charge in [-0.2, -0.15) is 8.42 Å². The fourth-order valence-corrected chi connectivity index (χ4v) is 6.87. The summed E-state index contributed by atoms with van der Waals surface area (Å²) in [6.07, 6.45) is 40.4. The highest BCUT2D eigenvalue weighted by Gasteiger charge is 2.28. The molecule has 7 nitrogen and oxygen atoms in total. The van der Waals surface area contributed by atoms with E-state index in [-0.39, 0.29) is 5.56 Å². The average Bonchev–Trinajstić information content (AvgIpc) is 3.10. The highest BCUT2D eigenvalue weighted by molar-refractivity contribution is 7.86. The van der Waals surface area contributed by atoms with Crippen LogP contribution in [0, 0.1) is 0 Å². The third-order valence-corrected chi connectivity index (χ3v) is 10.1. The van der Waals surface area contributed by atoms with Crippen LogP contribution < -0.4 is 0 Å². The highest BCUT2D eigenvalue weighted by atomic mass is 32.2. The Balaban J connectivity index is 2.35. The van der Waals surface area contributed by atoms with Crippen LogP contribution in [0.5, 0.6) is 0 Å². The predicted octanol–water partition coefficient (Wildman–Crippen LogP) is 13.2. The topological polar surface area (TPSA) is 107 Å². The summed E-state index contributed by atoms with van der Waals surface area (Å²) in [5, 5.41) is 0. The van der Waals surface area contributed by atoms with Crippen LogP contribution in [0.15, 0.2) is 47.8 Å². The van der Waals surface area contributed by atoms with Crippen LogP contribution in [-0.2, 0) is 19.6 Å². The van der Waals surface area contributed by atoms with Gasteiger partial charge in [-0.15, -0.1) is 0 Å². The maximum atomic E-state index is 12.9. The second-order valence-electron chi connectivity index (χ2n) is 13.8. The predicted molar refractivity (Wildman–Crippen MR) is 206 cm³/mol. The summed E-state index contributed by atoms with van der Waals surface area (Å²) in [5.41, 5.74) is -0.837. The minimum atomic E-state index is -4.80. The van der Waals surface area contributed by atoms with E-state index >= 15 is 0 Å². The first-order valence-electron chi connectivity index (χ1n) is 20.1. The van der Waals surface area contributed by atoms with E-state index in [9.17, 15) is 22.6 Å². The van der Waals surface area contributed by atoms with Gasteiger partial charge in [0.05, 0.1) is 23.7 Å². The molecule has 1 aromatic carbocycles. The van der Waals surface area contributed by atoms with Crippen LogP contribution >= 0.6 is 0 Å². The van der Waals surface area contributed by atoms with Gasteiger partial charge in [-0.25, -0.2) is 9.59 Å². The van der Waals surface area contributed by atoms with Gasteiger partial charge in [0.25, 0.3) is 10.1 Å². The zero-order valence-corrected chi connectivity index (χ0v) is 32.5. The molecule has 0 aromatic heterocycles. The van der Waals surface area contributed by atoms with Crippen LogP contribution in [0.25, 0.3) is 0 Å². The minimum Gasteiger partial charge on any atom is -0.431 e. The summed E-state index contributed by atoms with van der Waals surface area (Å²) < 4.78 is 44.2. The lowest BCUT2D eigenvalue weighted by Crippen LogP contribution is -2.16. The summed E-state index contributed by atoms with van der Waals surface area (Å²) in [6.45, 7) is 4.50. The molecule has 1 aromatic rings. The maximum absolute atomic E-state index is 12.9. The Labute approximate surface area is 305 Å². The van der Waals surface area contributed by atoms with Gasteiger partial charge < -0.3 is 9.47 Å². The number of unbranched alkanes of at least 4 members (excludes halogenated alkanes) is 26. The molecule has 1 rings (SSSR count). The van der Waals surface area contributed by atoms with Crippen LogP contribution in [0.1, 0.15) is 214 Å². The standard InChI is InChI=1S/C42H70O7S/c1-3-5-7-9-11-13-15-17-19-21-23-25-27-29-31-36-48-41(43)38-34-33-35-39(50(45,46)47)40(38)42(44)49-37-32-30-28-26-24-22-20-18-16-14-12-10-8-6-4-2/h31-37H,3-30H2,1-2H3,(H,45,46,47)/b36-31+,37-32+. The number of ether oxygens (including phenoxy) is 2. The van der Waals surface area contributed by atoms with Gasteiger partial charge in [0, 0.05) is 0 Å². The van der Waals surface area contributed by atoms with Gasteiger partial charge in [0.15, 0.2) is 0 Å². The van der Waals surface area contributed by atoms with Gasteiger partial charge in [-0.05, 0) is 50.0 Å². The van der Waals surface area contributed by atoms with E-state index in [4.69, 9.17) is 9.47 Å². The Morgan fingerprint density at radius 1 is 0.540 bits per heavy atom. The molecule has 0 amide bonds. The molecule has 0 bridgehead atoms. The van der Waals surface area contributed by atoms with Gasteiger partial charge in [0.2, 0.25) is 0 Å². The smallest absolute Gasteiger partial charge is 0.345 e. The molecule has 0 aliphatic rings. The van der Waals surface area contributed by atoms with Crippen LogP contribution in [0.4, 0.5) is 0 Å². The zero-order chi connectivity index (χ0) is 36.5.